The number of hydrogen-bond donors (Lipinski definition) is 0. The fourth-order valence-corrected chi connectivity index (χ4v) is 1.81. The Bertz CT molecular complexity index is 394. The van der Waals surface area contributed by atoms with Crippen LogP contribution in [0.4, 0.5) is 0 Å². The van der Waals surface area contributed by atoms with Gasteiger partial charge >= 0.3 is 0 Å². The topological polar surface area (TPSA) is 12.4 Å². The van der Waals surface area contributed by atoms with E-state index >= 15 is 0 Å². The zero-order valence-electron chi connectivity index (χ0n) is 9.39. The normalized spacial score (nSPS) is 15.3. The van der Waals surface area contributed by atoms with Gasteiger partial charge in [0.05, 0.1) is 6.54 Å². The SMILES string of the molecule is CC1=NCc2ccc(C(C)(C)C)cc21. The van der Waals surface area contributed by atoms with Crippen LogP contribution in [-0.4, -0.2) is 5.71 Å². The number of nitrogens with zero attached hydrogens (tertiary/aromatic N) is 1. The van der Waals surface area contributed by atoms with Gasteiger partial charge < -0.3 is 0 Å². The quantitative estimate of drug-likeness (QED) is 0.591. The van der Waals surface area contributed by atoms with Gasteiger partial charge in [-0.15, -0.1) is 0 Å². The number of rotatable bonds is 0. The van der Waals surface area contributed by atoms with E-state index in [-0.39, 0.29) is 5.41 Å². The Labute approximate surface area is 85.9 Å². The Kier molecular flexibility index (Phi) is 1.99. The monoisotopic (exact) mass is 187 g/mol. The molecular weight excluding hydrogens is 170 g/mol. The summed E-state index contributed by atoms with van der Waals surface area (Å²) in [4.78, 5) is 4.44. The van der Waals surface area contributed by atoms with Gasteiger partial charge in [0.2, 0.25) is 0 Å². The summed E-state index contributed by atoms with van der Waals surface area (Å²) < 4.78 is 0. The molecular formula is C13H17N. The average Bonchev–Trinajstić information content (AvgIpc) is 2.46. The maximum Gasteiger partial charge on any atom is 0.0649 e. The number of benzene rings is 1. The third-order valence-electron chi connectivity index (χ3n) is 2.85. The van der Waals surface area contributed by atoms with E-state index in [4.69, 9.17) is 0 Å². The molecule has 0 aliphatic carbocycles. The van der Waals surface area contributed by atoms with Crippen LogP contribution in [0.2, 0.25) is 0 Å². The molecule has 0 radical (unpaired) electrons. The summed E-state index contributed by atoms with van der Waals surface area (Å²) in [5.41, 5.74) is 5.53. The number of fused-ring (bicyclic) bond motifs is 1. The minimum atomic E-state index is 0.234. The summed E-state index contributed by atoms with van der Waals surface area (Å²) in [7, 11) is 0. The molecule has 0 saturated carbocycles. The first-order valence-corrected chi connectivity index (χ1v) is 5.13. The molecule has 0 fully saturated rings. The van der Waals surface area contributed by atoms with Gasteiger partial charge in [0.15, 0.2) is 0 Å². The highest BCUT2D eigenvalue weighted by Crippen LogP contribution is 2.27. The largest absolute Gasteiger partial charge is 0.285 e. The Morgan fingerprint density at radius 2 is 1.93 bits per heavy atom. The zero-order valence-corrected chi connectivity index (χ0v) is 9.39. The van der Waals surface area contributed by atoms with Crippen LogP contribution in [0.3, 0.4) is 0 Å². The highest BCUT2D eigenvalue weighted by atomic mass is 14.8. The van der Waals surface area contributed by atoms with Crippen LogP contribution in [0.1, 0.15) is 44.4 Å². The molecule has 0 bridgehead atoms. The van der Waals surface area contributed by atoms with Crippen molar-refractivity contribution in [2.45, 2.75) is 39.7 Å². The molecule has 1 aliphatic heterocycles. The minimum Gasteiger partial charge on any atom is -0.285 e. The van der Waals surface area contributed by atoms with Gasteiger partial charge in [-0.05, 0) is 29.5 Å². The molecule has 0 amide bonds. The van der Waals surface area contributed by atoms with E-state index in [2.05, 4.69) is 50.9 Å². The molecule has 1 heterocycles. The molecule has 74 valence electrons. The zero-order chi connectivity index (χ0) is 10.3. The molecule has 1 aromatic rings. The van der Waals surface area contributed by atoms with Crippen molar-refractivity contribution in [3.8, 4) is 0 Å². The van der Waals surface area contributed by atoms with E-state index < -0.39 is 0 Å². The van der Waals surface area contributed by atoms with E-state index in [9.17, 15) is 0 Å². The summed E-state index contributed by atoms with van der Waals surface area (Å²) in [5, 5.41) is 0. The van der Waals surface area contributed by atoms with Crippen molar-refractivity contribution >= 4 is 5.71 Å². The van der Waals surface area contributed by atoms with Crippen LogP contribution in [0.25, 0.3) is 0 Å². The van der Waals surface area contributed by atoms with E-state index in [0.29, 0.717) is 0 Å². The Morgan fingerprint density at radius 3 is 2.57 bits per heavy atom. The van der Waals surface area contributed by atoms with Crippen LogP contribution in [-0.2, 0) is 12.0 Å². The van der Waals surface area contributed by atoms with Crippen molar-refractivity contribution in [1.82, 2.24) is 0 Å². The van der Waals surface area contributed by atoms with Crippen molar-refractivity contribution in [1.29, 1.82) is 0 Å². The van der Waals surface area contributed by atoms with Gasteiger partial charge in [0.25, 0.3) is 0 Å². The van der Waals surface area contributed by atoms with E-state index in [1.165, 1.54) is 22.4 Å². The van der Waals surface area contributed by atoms with Gasteiger partial charge in [-0.3, -0.25) is 4.99 Å². The lowest BCUT2D eigenvalue weighted by Crippen LogP contribution is -2.12. The van der Waals surface area contributed by atoms with Crippen molar-refractivity contribution in [3.63, 3.8) is 0 Å². The summed E-state index contributed by atoms with van der Waals surface area (Å²) >= 11 is 0. The predicted molar refractivity (Wildman–Crippen MR) is 61.1 cm³/mol. The Balaban J connectivity index is 2.50. The molecule has 0 spiro atoms. The van der Waals surface area contributed by atoms with Gasteiger partial charge in [-0.2, -0.15) is 0 Å². The number of aliphatic imine (C=N–C) groups is 1. The Hall–Kier alpha value is -1.11. The smallest absolute Gasteiger partial charge is 0.0649 e. The fraction of sp³-hybridized carbons (Fsp3) is 0.462. The van der Waals surface area contributed by atoms with Crippen molar-refractivity contribution in [3.05, 3.63) is 34.9 Å². The predicted octanol–water partition coefficient (Wildman–Crippen LogP) is 3.31. The molecule has 0 unspecified atom stereocenters. The summed E-state index contributed by atoms with van der Waals surface area (Å²) in [6.07, 6.45) is 0. The third kappa shape index (κ3) is 1.47. The average molecular weight is 187 g/mol. The highest BCUT2D eigenvalue weighted by molar-refractivity contribution is 6.02. The number of hydrogen-bond acceptors (Lipinski definition) is 1. The highest BCUT2D eigenvalue weighted by Gasteiger charge is 2.18. The molecule has 1 nitrogen and oxygen atoms in total. The fourth-order valence-electron chi connectivity index (χ4n) is 1.81. The lowest BCUT2D eigenvalue weighted by molar-refractivity contribution is 0.590. The molecule has 0 saturated heterocycles. The second-order valence-corrected chi connectivity index (χ2v) is 5.02. The lowest BCUT2D eigenvalue weighted by Gasteiger charge is -2.19. The minimum absolute atomic E-state index is 0.234. The van der Waals surface area contributed by atoms with Gasteiger partial charge in [-0.25, -0.2) is 0 Å². The molecule has 0 N–H and O–H groups in total. The summed E-state index contributed by atoms with van der Waals surface area (Å²) in [5.74, 6) is 0. The molecule has 2 rings (SSSR count). The molecule has 1 aliphatic rings. The van der Waals surface area contributed by atoms with Gasteiger partial charge in [0, 0.05) is 11.3 Å². The molecule has 0 atom stereocenters. The van der Waals surface area contributed by atoms with Crippen LogP contribution < -0.4 is 0 Å². The molecule has 1 aromatic carbocycles. The Morgan fingerprint density at radius 1 is 1.21 bits per heavy atom. The summed E-state index contributed by atoms with van der Waals surface area (Å²) in [6.45, 7) is 9.70. The second-order valence-electron chi connectivity index (χ2n) is 5.02. The van der Waals surface area contributed by atoms with Crippen LogP contribution >= 0.6 is 0 Å². The van der Waals surface area contributed by atoms with Crippen molar-refractivity contribution < 1.29 is 0 Å². The lowest BCUT2D eigenvalue weighted by atomic mass is 9.85. The maximum atomic E-state index is 4.44. The van der Waals surface area contributed by atoms with Gasteiger partial charge in [-0.1, -0.05) is 32.9 Å². The van der Waals surface area contributed by atoms with E-state index in [1.807, 2.05) is 0 Å². The van der Waals surface area contributed by atoms with Crippen molar-refractivity contribution in [2.24, 2.45) is 4.99 Å². The first-order chi connectivity index (χ1) is 6.48. The molecule has 1 heteroatoms. The maximum absolute atomic E-state index is 4.44. The van der Waals surface area contributed by atoms with Crippen LogP contribution in [0.15, 0.2) is 23.2 Å². The van der Waals surface area contributed by atoms with E-state index in [1.54, 1.807) is 0 Å². The van der Waals surface area contributed by atoms with Gasteiger partial charge in [0.1, 0.15) is 0 Å². The first kappa shape index (κ1) is 9.45. The van der Waals surface area contributed by atoms with Crippen LogP contribution in [0.5, 0.6) is 0 Å². The molecule has 0 aromatic heterocycles. The first-order valence-electron chi connectivity index (χ1n) is 5.13. The van der Waals surface area contributed by atoms with E-state index in [0.717, 1.165) is 6.54 Å². The standard InChI is InChI=1S/C13H17N/c1-9-12-7-11(13(2,3)4)6-5-10(12)8-14-9/h5-7H,8H2,1-4H3. The van der Waals surface area contributed by atoms with Crippen molar-refractivity contribution in [2.75, 3.05) is 0 Å². The third-order valence-corrected chi connectivity index (χ3v) is 2.85. The molecule has 14 heavy (non-hydrogen) atoms. The second kappa shape index (κ2) is 2.94. The summed E-state index contributed by atoms with van der Waals surface area (Å²) in [6, 6.07) is 6.74. The van der Waals surface area contributed by atoms with Crippen LogP contribution in [0, 0.1) is 0 Å².